The molecule has 0 aromatic heterocycles. The maximum atomic E-state index is 14.0. The van der Waals surface area contributed by atoms with Gasteiger partial charge in [0.15, 0.2) is 0 Å². The lowest BCUT2D eigenvalue weighted by Gasteiger charge is -2.24. The zero-order valence-electron chi connectivity index (χ0n) is 13.8. The van der Waals surface area contributed by atoms with Crippen LogP contribution < -0.4 is 16.2 Å². The van der Waals surface area contributed by atoms with Crippen LogP contribution in [0.25, 0.3) is 0 Å². The zero-order chi connectivity index (χ0) is 17.2. The molecule has 0 spiro atoms. The zero-order valence-corrected chi connectivity index (χ0v) is 13.8. The number of ether oxygens (including phenoxy) is 1. The van der Waals surface area contributed by atoms with E-state index in [1.807, 2.05) is 0 Å². The van der Waals surface area contributed by atoms with Crippen molar-refractivity contribution < 1.29 is 13.5 Å². The Bertz CT molecular complexity index is 732. The molecule has 2 aromatic rings. The molecule has 2 fully saturated rings. The van der Waals surface area contributed by atoms with E-state index in [9.17, 15) is 8.78 Å². The fourth-order valence-electron chi connectivity index (χ4n) is 3.49. The van der Waals surface area contributed by atoms with Crippen molar-refractivity contribution in [3.8, 4) is 0 Å². The van der Waals surface area contributed by atoms with E-state index < -0.39 is 11.6 Å². The number of hydrazine groups is 1. The molecule has 25 heavy (non-hydrogen) atoms. The summed E-state index contributed by atoms with van der Waals surface area (Å²) < 4.78 is 32.8. The monoisotopic (exact) mass is 345 g/mol. The van der Waals surface area contributed by atoms with Gasteiger partial charge < -0.3 is 10.1 Å². The molecule has 2 aliphatic heterocycles. The van der Waals surface area contributed by atoms with Gasteiger partial charge in [-0.25, -0.2) is 19.6 Å². The number of rotatable bonds is 3. The van der Waals surface area contributed by atoms with Crippen LogP contribution in [0.15, 0.2) is 42.5 Å². The summed E-state index contributed by atoms with van der Waals surface area (Å²) in [4.78, 5) is 0. The predicted molar refractivity (Wildman–Crippen MR) is 90.7 cm³/mol. The molecule has 4 nitrogen and oxygen atoms in total. The van der Waals surface area contributed by atoms with E-state index >= 15 is 0 Å². The van der Waals surface area contributed by atoms with Crippen molar-refractivity contribution in [2.45, 2.75) is 24.6 Å². The summed E-state index contributed by atoms with van der Waals surface area (Å²) in [6, 6.07) is 11.9. The van der Waals surface area contributed by atoms with E-state index in [1.54, 1.807) is 0 Å². The minimum atomic E-state index is -0.557. The molecule has 0 saturated carbocycles. The fraction of sp³-hybridized carbons (Fsp3) is 0.368. The normalized spacial score (nSPS) is 26.7. The molecule has 0 amide bonds. The van der Waals surface area contributed by atoms with Crippen molar-refractivity contribution in [1.29, 1.82) is 0 Å². The Labute approximate surface area is 145 Å². The first-order chi connectivity index (χ1) is 12.2. The average Bonchev–Trinajstić information content (AvgIpc) is 3.12. The van der Waals surface area contributed by atoms with Gasteiger partial charge in [0.05, 0.1) is 18.8 Å². The Morgan fingerprint density at radius 3 is 2.40 bits per heavy atom. The first-order valence-electron chi connectivity index (χ1n) is 8.59. The van der Waals surface area contributed by atoms with Gasteiger partial charge in [-0.1, -0.05) is 30.3 Å². The van der Waals surface area contributed by atoms with Crippen molar-refractivity contribution in [3.63, 3.8) is 0 Å². The van der Waals surface area contributed by atoms with Crippen molar-refractivity contribution in [2.24, 2.45) is 0 Å². The molecule has 0 radical (unpaired) electrons. The Morgan fingerprint density at radius 2 is 1.68 bits per heavy atom. The van der Waals surface area contributed by atoms with Gasteiger partial charge >= 0.3 is 0 Å². The lowest BCUT2D eigenvalue weighted by atomic mass is 9.96. The molecule has 3 N–H and O–H groups in total. The second-order valence-electron chi connectivity index (χ2n) is 6.53. The molecule has 2 heterocycles. The van der Waals surface area contributed by atoms with Gasteiger partial charge in [-0.3, -0.25) is 0 Å². The highest BCUT2D eigenvalue weighted by Crippen LogP contribution is 2.32. The summed E-state index contributed by atoms with van der Waals surface area (Å²) in [7, 11) is 0. The largest absolute Gasteiger partial charge is 0.371 e. The van der Waals surface area contributed by atoms with Crippen LogP contribution in [0.4, 0.5) is 8.78 Å². The number of benzene rings is 2. The third kappa shape index (κ3) is 3.57. The van der Waals surface area contributed by atoms with E-state index in [2.05, 4.69) is 40.4 Å². The van der Waals surface area contributed by atoms with Crippen molar-refractivity contribution in [3.05, 3.63) is 70.8 Å². The second kappa shape index (κ2) is 7.17. The van der Waals surface area contributed by atoms with E-state index in [4.69, 9.17) is 4.74 Å². The molecule has 0 bridgehead atoms. The minimum Gasteiger partial charge on any atom is -0.371 e. The Balaban J connectivity index is 1.44. The summed E-state index contributed by atoms with van der Waals surface area (Å²) in [5.41, 5.74) is 9.09. The molecule has 0 aliphatic carbocycles. The van der Waals surface area contributed by atoms with Gasteiger partial charge in [-0.15, -0.1) is 0 Å². The van der Waals surface area contributed by atoms with Gasteiger partial charge in [-0.2, -0.15) is 0 Å². The van der Waals surface area contributed by atoms with Gasteiger partial charge in [0.25, 0.3) is 0 Å². The van der Waals surface area contributed by atoms with Gasteiger partial charge in [-0.05, 0) is 23.6 Å². The van der Waals surface area contributed by atoms with Crippen molar-refractivity contribution in [1.82, 2.24) is 16.2 Å². The van der Waals surface area contributed by atoms with Crippen LogP contribution in [-0.2, 0) is 4.74 Å². The maximum Gasteiger partial charge on any atom is 0.130 e. The lowest BCUT2D eigenvalue weighted by Crippen LogP contribution is -2.33. The number of hydrogen-bond acceptors (Lipinski definition) is 4. The van der Waals surface area contributed by atoms with E-state index in [1.165, 1.54) is 12.1 Å². The fourth-order valence-corrected chi connectivity index (χ4v) is 3.49. The third-order valence-electron chi connectivity index (χ3n) is 4.88. The Hall–Kier alpha value is -1.86. The average molecular weight is 345 g/mol. The summed E-state index contributed by atoms with van der Waals surface area (Å²) in [6.07, 6.45) is 0.794. The van der Waals surface area contributed by atoms with Gasteiger partial charge in [0.2, 0.25) is 0 Å². The summed E-state index contributed by atoms with van der Waals surface area (Å²) in [5.74, 6) is -1.07. The summed E-state index contributed by atoms with van der Waals surface area (Å²) in [6.45, 7) is 2.45. The first kappa shape index (κ1) is 16.6. The molecular formula is C19H21F2N3O. The summed E-state index contributed by atoms with van der Waals surface area (Å²) >= 11 is 0. The van der Waals surface area contributed by atoms with Crippen molar-refractivity contribution in [2.75, 3.05) is 19.7 Å². The van der Waals surface area contributed by atoms with Crippen LogP contribution in [0.5, 0.6) is 0 Å². The molecule has 2 aromatic carbocycles. The molecule has 2 aliphatic rings. The topological polar surface area (TPSA) is 45.3 Å². The molecule has 6 heteroatoms. The molecule has 132 valence electrons. The lowest BCUT2D eigenvalue weighted by molar-refractivity contribution is 0.0277. The molecule has 2 saturated heterocycles. The summed E-state index contributed by atoms with van der Waals surface area (Å²) in [5, 5.41) is 3.33. The Morgan fingerprint density at radius 1 is 0.920 bits per heavy atom. The van der Waals surface area contributed by atoms with Crippen LogP contribution in [0.3, 0.4) is 0 Å². The van der Waals surface area contributed by atoms with Crippen LogP contribution in [0.2, 0.25) is 0 Å². The maximum absolute atomic E-state index is 14.0. The van der Waals surface area contributed by atoms with Gasteiger partial charge in [0, 0.05) is 30.8 Å². The highest BCUT2D eigenvalue weighted by molar-refractivity contribution is 5.29. The van der Waals surface area contributed by atoms with E-state index in [-0.39, 0.29) is 18.2 Å². The van der Waals surface area contributed by atoms with Crippen LogP contribution in [-0.4, -0.2) is 19.7 Å². The number of nitrogens with one attached hydrogen (secondary N) is 3. The van der Waals surface area contributed by atoms with Crippen molar-refractivity contribution >= 4 is 0 Å². The number of halogens is 2. The highest BCUT2D eigenvalue weighted by atomic mass is 19.1. The smallest absolute Gasteiger partial charge is 0.130 e. The molecular weight excluding hydrogens is 324 g/mol. The quantitative estimate of drug-likeness (QED) is 0.800. The number of hydrogen-bond donors (Lipinski definition) is 3. The van der Waals surface area contributed by atoms with E-state index in [0.29, 0.717) is 12.0 Å². The SMILES string of the molecule is Fc1ccc(C2CC(c3ccc([C@@H]4CNCCO4)cc3)NN2)c(F)c1. The third-order valence-corrected chi connectivity index (χ3v) is 4.88. The number of morpholine rings is 1. The standard InChI is InChI=1S/C19H21F2N3O/c20-14-5-6-15(16(21)9-14)18-10-17(23-24-18)12-1-3-13(4-2-12)19-11-22-7-8-25-19/h1-6,9,17-19,22-24H,7-8,10-11H2/t17?,18?,19-/m0/s1. The highest BCUT2D eigenvalue weighted by Gasteiger charge is 2.28. The minimum absolute atomic E-state index is 0.0777. The Kier molecular flexibility index (Phi) is 4.76. The predicted octanol–water partition coefficient (Wildman–Crippen LogP) is 2.91. The molecule has 3 atom stereocenters. The van der Waals surface area contributed by atoms with Crippen LogP contribution >= 0.6 is 0 Å². The molecule has 2 unspecified atom stereocenters. The second-order valence-corrected chi connectivity index (χ2v) is 6.53. The molecule has 4 rings (SSSR count). The first-order valence-corrected chi connectivity index (χ1v) is 8.59. The van der Waals surface area contributed by atoms with Crippen LogP contribution in [0, 0.1) is 11.6 Å². The van der Waals surface area contributed by atoms with Gasteiger partial charge in [0.1, 0.15) is 11.6 Å². The van der Waals surface area contributed by atoms with Crippen LogP contribution in [0.1, 0.15) is 41.3 Å². The van der Waals surface area contributed by atoms with E-state index in [0.717, 1.165) is 36.9 Å².